The van der Waals surface area contributed by atoms with Crippen LogP contribution in [0.15, 0.2) is 24.3 Å². The molecule has 126 valence electrons. The molecule has 6 heteroatoms. The molecule has 0 spiro atoms. The van der Waals surface area contributed by atoms with Gasteiger partial charge >= 0.3 is 5.97 Å². The van der Waals surface area contributed by atoms with Gasteiger partial charge in [-0.1, -0.05) is 12.1 Å². The number of carboxylic acids is 1. The molecule has 0 bridgehead atoms. The third-order valence-corrected chi connectivity index (χ3v) is 4.23. The second-order valence-corrected chi connectivity index (χ2v) is 5.74. The fraction of sp³-hybridized carbons (Fsp3) is 0.529. The molecule has 0 radical (unpaired) electrons. The number of methoxy groups -OCH3 is 2. The molecule has 1 aliphatic heterocycles. The number of nitrogens with zero attached hydrogens (tertiary/aromatic N) is 1. The summed E-state index contributed by atoms with van der Waals surface area (Å²) in [5.41, 5.74) is 1.05. The lowest BCUT2D eigenvalue weighted by atomic mass is 10.1. The smallest absolute Gasteiger partial charge is 0.305 e. The predicted octanol–water partition coefficient (Wildman–Crippen LogP) is 1.72. The van der Waals surface area contributed by atoms with Gasteiger partial charge < -0.3 is 19.5 Å². The topological polar surface area (TPSA) is 76.1 Å². The molecule has 0 aliphatic carbocycles. The molecule has 1 N–H and O–H groups in total. The molecule has 1 amide bonds. The van der Waals surface area contributed by atoms with Gasteiger partial charge in [0, 0.05) is 26.1 Å². The van der Waals surface area contributed by atoms with E-state index in [0.29, 0.717) is 25.8 Å². The van der Waals surface area contributed by atoms with Crippen molar-refractivity contribution in [2.75, 3.05) is 20.8 Å². The first-order valence-electron chi connectivity index (χ1n) is 7.70. The van der Waals surface area contributed by atoms with Crippen LogP contribution in [0.4, 0.5) is 0 Å². The van der Waals surface area contributed by atoms with Gasteiger partial charge in [0.1, 0.15) is 5.75 Å². The normalized spacial score (nSPS) is 20.5. The number of likely N-dealkylation sites (tertiary alicyclic amines) is 1. The Morgan fingerprint density at radius 3 is 2.52 bits per heavy atom. The van der Waals surface area contributed by atoms with Crippen molar-refractivity contribution in [1.29, 1.82) is 0 Å². The fourth-order valence-corrected chi connectivity index (χ4v) is 2.93. The highest BCUT2D eigenvalue weighted by atomic mass is 16.5. The van der Waals surface area contributed by atoms with Gasteiger partial charge in [-0.3, -0.25) is 9.59 Å². The van der Waals surface area contributed by atoms with Gasteiger partial charge in [-0.15, -0.1) is 0 Å². The highest BCUT2D eigenvalue weighted by Crippen LogP contribution is 2.24. The SMILES string of the molecule is COc1ccc(CCC(=O)N2CC(OC)CC2CC(=O)O)cc1. The molecule has 23 heavy (non-hydrogen) atoms. The van der Waals surface area contributed by atoms with E-state index in [1.54, 1.807) is 19.1 Å². The number of ether oxygens (including phenoxy) is 2. The Bertz CT molecular complexity index is 542. The summed E-state index contributed by atoms with van der Waals surface area (Å²) < 4.78 is 10.4. The number of amides is 1. The van der Waals surface area contributed by atoms with Crippen LogP contribution < -0.4 is 4.74 Å². The molecule has 1 saturated heterocycles. The number of benzene rings is 1. The number of aliphatic carboxylic acids is 1. The minimum atomic E-state index is -0.889. The number of hydrogen-bond acceptors (Lipinski definition) is 4. The first-order chi connectivity index (χ1) is 11.0. The molecule has 2 rings (SSSR count). The summed E-state index contributed by atoms with van der Waals surface area (Å²) in [6.07, 6.45) is 1.45. The van der Waals surface area contributed by atoms with E-state index >= 15 is 0 Å². The summed E-state index contributed by atoms with van der Waals surface area (Å²) in [6, 6.07) is 7.32. The van der Waals surface area contributed by atoms with Crippen LogP contribution in [-0.2, 0) is 20.7 Å². The van der Waals surface area contributed by atoms with Crippen molar-refractivity contribution in [1.82, 2.24) is 4.90 Å². The van der Waals surface area contributed by atoms with Crippen molar-refractivity contribution in [2.45, 2.75) is 37.8 Å². The molecule has 1 aromatic rings. The Balaban J connectivity index is 1.93. The molecule has 0 aromatic heterocycles. The van der Waals surface area contributed by atoms with Gasteiger partial charge in [0.2, 0.25) is 5.91 Å². The Hall–Kier alpha value is -2.08. The number of hydrogen-bond donors (Lipinski definition) is 1. The maximum absolute atomic E-state index is 12.4. The van der Waals surface area contributed by atoms with Crippen LogP contribution in [0.3, 0.4) is 0 Å². The van der Waals surface area contributed by atoms with Gasteiger partial charge in [0.25, 0.3) is 0 Å². The molecule has 2 unspecified atom stereocenters. The molecule has 1 aliphatic rings. The molecule has 6 nitrogen and oxygen atoms in total. The van der Waals surface area contributed by atoms with E-state index in [9.17, 15) is 9.59 Å². The van der Waals surface area contributed by atoms with E-state index < -0.39 is 5.97 Å². The van der Waals surface area contributed by atoms with E-state index in [0.717, 1.165) is 11.3 Å². The molecular formula is C17H23NO5. The van der Waals surface area contributed by atoms with E-state index in [2.05, 4.69) is 0 Å². The summed E-state index contributed by atoms with van der Waals surface area (Å²) in [6.45, 7) is 0.468. The maximum atomic E-state index is 12.4. The first-order valence-corrected chi connectivity index (χ1v) is 7.70. The number of carbonyl (C=O) groups is 2. The monoisotopic (exact) mass is 321 g/mol. The summed E-state index contributed by atoms with van der Waals surface area (Å²) in [5, 5.41) is 9.00. The quantitative estimate of drug-likeness (QED) is 0.827. The second kappa shape index (κ2) is 7.97. The average molecular weight is 321 g/mol. The summed E-state index contributed by atoms with van der Waals surface area (Å²) in [7, 11) is 3.20. The highest BCUT2D eigenvalue weighted by molar-refractivity contribution is 5.78. The van der Waals surface area contributed by atoms with Crippen molar-refractivity contribution in [3.63, 3.8) is 0 Å². The Morgan fingerprint density at radius 1 is 1.26 bits per heavy atom. The van der Waals surface area contributed by atoms with Crippen LogP contribution in [0, 0.1) is 0 Å². The van der Waals surface area contributed by atoms with Crippen LogP contribution in [0.2, 0.25) is 0 Å². The van der Waals surface area contributed by atoms with E-state index in [-0.39, 0.29) is 24.5 Å². The number of carbonyl (C=O) groups excluding carboxylic acids is 1. The van der Waals surface area contributed by atoms with E-state index in [1.807, 2.05) is 24.3 Å². The minimum absolute atomic E-state index is 0.0216. The van der Waals surface area contributed by atoms with Gasteiger partial charge in [-0.25, -0.2) is 0 Å². The zero-order chi connectivity index (χ0) is 16.8. The Morgan fingerprint density at radius 2 is 1.96 bits per heavy atom. The molecule has 1 heterocycles. The van der Waals surface area contributed by atoms with Gasteiger partial charge in [0.15, 0.2) is 0 Å². The second-order valence-electron chi connectivity index (χ2n) is 5.74. The van der Waals surface area contributed by atoms with E-state index in [4.69, 9.17) is 14.6 Å². The van der Waals surface area contributed by atoms with Crippen molar-refractivity contribution >= 4 is 11.9 Å². The van der Waals surface area contributed by atoms with Gasteiger partial charge in [-0.2, -0.15) is 0 Å². The summed E-state index contributed by atoms with van der Waals surface area (Å²) in [4.78, 5) is 25.1. The van der Waals surface area contributed by atoms with Crippen molar-refractivity contribution in [2.24, 2.45) is 0 Å². The third kappa shape index (κ3) is 4.69. The Kier molecular flexibility index (Phi) is 5.98. The highest BCUT2D eigenvalue weighted by Gasteiger charge is 2.36. The zero-order valence-corrected chi connectivity index (χ0v) is 13.5. The van der Waals surface area contributed by atoms with E-state index in [1.165, 1.54) is 0 Å². The molecule has 0 saturated carbocycles. The molecule has 2 atom stereocenters. The van der Waals surface area contributed by atoms with Gasteiger partial charge in [0.05, 0.1) is 19.6 Å². The lowest BCUT2D eigenvalue weighted by molar-refractivity contribution is -0.139. The largest absolute Gasteiger partial charge is 0.497 e. The first kappa shape index (κ1) is 17.3. The van der Waals surface area contributed by atoms with Gasteiger partial charge in [-0.05, 0) is 30.5 Å². The molecule has 1 fully saturated rings. The fourth-order valence-electron chi connectivity index (χ4n) is 2.93. The van der Waals surface area contributed by atoms with Crippen molar-refractivity contribution in [3.05, 3.63) is 29.8 Å². The third-order valence-electron chi connectivity index (χ3n) is 4.23. The van der Waals surface area contributed by atoms with Crippen LogP contribution >= 0.6 is 0 Å². The Labute approximate surface area is 136 Å². The summed E-state index contributed by atoms with van der Waals surface area (Å²) in [5.74, 6) is -0.129. The molecular weight excluding hydrogens is 298 g/mol. The lowest BCUT2D eigenvalue weighted by Crippen LogP contribution is -2.37. The predicted molar refractivity (Wildman–Crippen MR) is 84.5 cm³/mol. The number of rotatable bonds is 7. The van der Waals surface area contributed by atoms with Crippen LogP contribution in [0.1, 0.15) is 24.8 Å². The van der Waals surface area contributed by atoms with Crippen LogP contribution in [0.25, 0.3) is 0 Å². The average Bonchev–Trinajstić information content (AvgIpc) is 2.95. The zero-order valence-electron chi connectivity index (χ0n) is 13.5. The van der Waals surface area contributed by atoms with Crippen LogP contribution in [-0.4, -0.2) is 54.8 Å². The summed E-state index contributed by atoms with van der Waals surface area (Å²) >= 11 is 0. The van der Waals surface area contributed by atoms with Crippen LogP contribution in [0.5, 0.6) is 5.75 Å². The van der Waals surface area contributed by atoms with Crippen molar-refractivity contribution < 1.29 is 24.2 Å². The van der Waals surface area contributed by atoms with Crippen molar-refractivity contribution in [3.8, 4) is 5.75 Å². The minimum Gasteiger partial charge on any atom is -0.497 e. The number of aryl methyl sites for hydroxylation is 1. The number of carboxylic acid groups (broad SMARTS) is 1. The maximum Gasteiger partial charge on any atom is 0.305 e. The lowest BCUT2D eigenvalue weighted by Gasteiger charge is -2.23. The standard InChI is InChI=1S/C17H23NO5/c1-22-14-6-3-12(4-7-14)5-8-16(19)18-11-15(23-2)9-13(18)10-17(20)21/h3-4,6-7,13,15H,5,8-11H2,1-2H3,(H,20,21). The molecule has 1 aromatic carbocycles.